The van der Waals surface area contributed by atoms with Crippen molar-refractivity contribution in [3.05, 3.63) is 35.9 Å². The fourth-order valence-electron chi connectivity index (χ4n) is 2.35. The van der Waals surface area contributed by atoms with Crippen LogP contribution in [-0.2, 0) is 11.2 Å². The van der Waals surface area contributed by atoms with E-state index in [9.17, 15) is 4.79 Å². The maximum atomic E-state index is 11.8. The molecule has 1 aromatic rings. The van der Waals surface area contributed by atoms with Gasteiger partial charge in [0.2, 0.25) is 5.91 Å². The van der Waals surface area contributed by atoms with Gasteiger partial charge in [-0.2, -0.15) is 0 Å². The summed E-state index contributed by atoms with van der Waals surface area (Å²) in [6, 6.07) is 10.5. The summed E-state index contributed by atoms with van der Waals surface area (Å²) < 4.78 is 0. The van der Waals surface area contributed by atoms with Gasteiger partial charge in [-0.25, -0.2) is 0 Å². The molecule has 0 aromatic heterocycles. The van der Waals surface area contributed by atoms with Crippen LogP contribution in [0, 0.1) is 0 Å². The first-order valence-corrected chi connectivity index (χ1v) is 6.31. The van der Waals surface area contributed by atoms with Crippen LogP contribution in [0.3, 0.4) is 0 Å². The van der Waals surface area contributed by atoms with Gasteiger partial charge in [0.05, 0.1) is 6.04 Å². The summed E-state index contributed by atoms with van der Waals surface area (Å²) in [5.41, 5.74) is 1.35. The van der Waals surface area contributed by atoms with Crippen molar-refractivity contribution in [3.8, 4) is 0 Å². The third-order valence-electron chi connectivity index (χ3n) is 3.38. The summed E-state index contributed by atoms with van der Waals surface area (Å²) in [5, 5.41) is 3.06. The number of amides is 1. The zero-order chi connectivity index (χ0) is 12.1. The Morgan fingerprint density at radius 1 is 1.35 bits per heavy atom. The lowest BCUT2D eigenvalue weighted by atomic mass is 10.1. The zero-order valence-electron chi connectivity index (χ0n) is 10.4. The number of aryl methyl sites for hydroxylation is 1. The molecule has 1 amide bonds. The van der Waals surface area contributed by atoms with Crippen LogP contribution in [0.5, 0.6) is 0 Å². The van der Waals surface area contributed by atoms with E-state index in [1.807, 2.05) is 18.0 Å². The van der Waals surface area contributed by atoms with Crippen molar-refractivity contribution in [2.45, 2.75) is 25.3 Å². The highest BCUT2D eigenvalue weighted by Gasteiger charge is 2.29. The summed E-state index contributed by atoms with van der Waals surface area (Å²) in [7, 11) is 1.86. The molecule has 1 N–H and O–H groups in total. The number of carbonyl (C=O) groups is 1. The molecular formula is C14H20N2O. The number of likely N-dealkylation sites (N-methyl/N-ethyl adjacent to an activating group) is 1. The van der Waals surface area contributed by atoms with E-state index in [2.05, 4.69) is 29.6 Å². The molecule has 0 radical (unpaired) electrons. The van der Waals surface area contributed by atoms with Crippen LogP contribution in [0.25, 0.3) is 0 Å². The predicted octanol–water partition coefficient (Wildman–Crippen LogP) is 1.44. The molecule has 2 rings (SSSR count). The van der Waals surface area contributed by atoms with E-state index in [1.54, 1.807) is 0 Å². The summed E-state index contributed by atoms with van der Waals surface area (Å²) in [6.45, 7) is 1.78. The van der Waals surface area contributed by atoms with Crippen molar-refractivity contribution in [3.63, 3.8) is 0 Å². The van der Waals surface area contributed by atoms with Crippen LogP contribution in [-0.4, -0.2) is 37.0 Å². The van der Waals surface area contributed by atoms with Crippen LogP contribution in [0.4, 0.5) is 0 Å². The van der Waals surface area contributed by atoms with Crippen molar-refractivity contribution in [2.24, 2.45) is 0 Å². The molecule has 17 heavy (non-hydrogen) atoms. The van der Waals surface area contributed by atoms with Gasteiger partial charge in [-0.05, 0) is 31.9 Å². The fraction of sp³-hybridized carbons (Fsp3) is 0.500. The number of benzene rings is 1. The van der Waals surface area contributed by atoms with Crippen LogP contribution >= 0.6 is 0 Å². The molecular weight excluding hydrogens is 212 g/mol. The Labute approximate surface area is 103 Å². The lowest BCUT2D eigenvalue weighted by Gasteiger charge is -2.16. The van der Waals surface area contributed by atoms with Gasteiger partial charge < -0.3 is 10.2 Å². The van der Waals surface area contributed by atoms with E-state index in [0.29, 0.717) is 0 Å². The van der Waals surface area contributed by atoms with E-state index in [-0.39, 0.29) is 11.9 Å². The van der Waals surface area contributed by atoms with E-state index in [1.165, 1.54) is 5.56 Å². The maximum Gasteiger partial charge on any atom is 0.239 e. The number of nitrogens with one attached hydrogen (secondary N) is 1. The van der Waals surface area contributed by atoms with Crippen molar-refractivity contribution in [1.82, 2.24) is 10.2 Å². The van der Waals surface area contributed by atoms with Gasteiger partial charge in [-0.15, -0.1) is 0 Å². The number of rotatable bonds is 5. The minimum atomic E-state index is 0.0479. The Morgan fingerprint density at radius 2 is 2.12 bits per heavy atom. The number of hydrogen-bond donors (Lipinski definition) is 1. The molecule has 3 nitrogen and oxygen atoms in total. The lowest BCUT2D eigenvalue weighted by molar-refractivity contribution is -0.129. The van der Waals surface area contributed by atoms with E-state index < -0.39 is 0 Å². The van der Waals surface area contributed by atoms with Crippen molar-refractivity contribution in [1.29, 1.82) is 0 Å². The zero-order valence-corrected chi connectivity index (χ0v) is 10.4. The molecule has 0 spiro atoms. The lowest BCUT2D eigenvalue weighted by Crippen LogP contribution is -2.36. The van der Waals surface area contributed by atoms with Gasteiger partial charge in [0.25, 0.3) is 0 Å². The summed E-state index contributed by atoms with van der Waals surface area (Å²) in [6.07, 6.45) is 3.04. The number of nitrogens with zero attached hydrogens (tertiary/aromatic N) is 1. The van der Waals surface area contributed by atoms with Crippen molar-refractivity contribution < 1.29 is 4.79 Å². The SMILES string of the molecule is CNC1CCN(CCCc2ccccc2)C1=O. The molecule has 1 fully saturated rings. The standard InChI is InChI=1S/C14H20N2O/c1-15-13-9-11-16(14(13)17)10-5-8-12-6-3-2-4-7-12/h2-4,6-7,13,15H,5,8-11H2,1H3. The molecule has 1 saturated heterocycles. The monoisotopic (exact) mass is 232 g/mol. The quantitative estimate of drug-likeness (QED) is 0.833. The Hall–Kier alpha value is -1.35. The molecule has 1 aliphatic heterocycles. The summed E-state index contributed by atoms with van der Waals surface area (Å²) >= 11 is 0. The molecule has 1 unspecified atom stereocenters. The third-order valence-corrected chi connectivity index (χ3v) is 3.38. The number of likely N-dealkylation sites (tertiary alicyclic amines) is 1. The molecule has 1 aromatic carbocycles. The Kier molecular flexibility index (Phi) is 4.15. The minimum Gasteiger partial charge on any atom is -0.341 e. The number of carbonyl (C=O) groups excluding carboxylic acids is 1. The highest BCUT2D eigenvalue weighted by molar-refractivity contribution is 5.83. The minimum absolute atomic E-state index is 0.0479. The summed E-state index contributed by atoms with van der Waals surface area (Å²) in [4.78, 5) is 13.8. The molecule has 92 valence electrons. The van der Waals surface area contributed by atoms with Gasteiger partial charge >= 0.3 is 0 Å². The Bertz CT molecular complexity index is 364. The fourth-order valence-corrected chi connectivity index (χ4v) is 2.35. The molecule has 1 atom stereocenters. The van der Waals surface area contributed by atoms with Gasteiger partial charge in [0.15, 0.2) is 0 Å². The van der Waals surface area contributed by atoms with Crippen LogP contribution in [0.1, 0.15) is 18.4 Å². The Balaban J connectivity index is 1.75. The number of hydrogen-bond acceptors (Lipinski definition) is 2. The first kappa shape index (κ1) is 12.1. The second kappa shape index (κ2) is 5.82. The normalized spacial score (nSPS) is 19.9. The largest absolute Gasteiger partial charge is 0.341 e. The first-order valence-electron chi connectivity index (χ1n) is 6.31. The average molecular weight is 232 g/mol. The topological polar surface area (TPSA) is 32.3 Å². The highest BCUT2D eigenvalue weighted by atomic mass is 16.2. The molecule has 1 heterocycles. The molecule has 3 heteroatoms. The smallest absolute Gasteiger partial charge is 0.239 e. The van der Waals surface area contributed by atoms with Gasteiger partial charge in [0.1, 0.15) is 0 Å². The van der Waals surface area contributed by atoms with Gasteiger partial charge in [-0.3, -0.25) is 4.79 Å². The second-order valence-corrected chi connectivity index (χ2v) is 4.54. The highest BCUT2D eigenvalue weighted by Crippen LogP contribution is 2.12. The maximum absolute atomic E-state index is 11.8. The Morgan fingerprint density at radius 3 is 2.76 bits per heavy atom. The van der Waals surface area contributed by atoms with E-state index in [4.69, 9.17) is 0 Å². The summed E-state index contributed by atoms with van der Waals surface area (Å²) in [5.74, 6) is 0.264. The van der Waals surface area contributed by atoms with Crippen LogP contribution in [0.2, 0.25) is 0 Å². The predicted molar refractivity (Wildman–Crippen MR) is 68.8 cm³/mol. The first-order chi connectivity index (χ1) is 8.31. The van der Waals surface area contributed by atoms with Crippen LogP contribution < -0.4 is 5.32 Å². The second-order valence-electron chi connectivity index (χ2n) is 4.54. The van der Waals surface area contributed by atoms with Crippen LogP contribution in [0.15, 0.2) is 30.3 Å². The molecule has 0 saturated carbocycles. The molecule has 1 aliphatic rings. The van der Waals surface area contributed by atoms with E-state index in [0.717, 1.165) is 32.4 Å². The third kappa shape index (κ3) is 3.07. The van der Waals surface area contributed by atoms with E-state index >= 15 is 0 Å². The van der Waals surface area contributed by atoms with Crippen molar-refractivity contribution >= 4 is 5.91 Å². The molecule has 0 bridgehead atoms. The molecule has 0 aliphatic carbocycles. The average Bonchev–Trinajstić information content (AvgIpc) is 2.72. The van der Waals surface area contributed by atoms with Gasteiger partial charge in [0, 0.05) is 13.1 Å². The van der Waals surface area contributed by atoms with Crippen molar-refractivity contribution in [2.75, 3.05) is 20.1 Å². The van der Waals surface area contributed by atoms with Gasteiger partial charge in [-0.1, -0.05) is 30.3 Å².